The molecule has 2 heterocycles. The van der Waals surface area contributed by atoms with Gasteiger partial charge in [-0.2, -0.15) is 0 Å². The topological polar surface area (TPSA) is 41.6 Å². The first kappa shape index (κ1) is 8.79. The number of nitrogens with zero attached hydrogens (tertiary/aromatic N) is 2. The summed E-state index contributed by atoms with van der Waals surface area (Å²) in [4.78, 5) is 10.1. The maximum Gasteiger partial charge on any atom is 0.295 e. The van der Waals surface area contributed by atoms with Gasteiger partial charge in [0.05, 0.1) is 15.3 Å². The van der Waals surface area contributed by atoms with Crippen LogP contribution in [0.25, 0.3) is 11.0 Å². The van der Waals surface area contributed by atoms with Crippen molar-refractivity contribution in [3.8, 4) is 0 Å². The zero-order valence-electron chi connectivity index (χ0n) is 6.26. The summed E-state index contributed by atoms with van der Waals surface area (Å²) in [5.41, 5.74) is 1.09. The van der Waals surface area contributed by atoms with Gasteiger partial charge in [-0.05, 0) is 22.6 Å². The SMILES string of the molecule is FC(F)c1nc2c(I)cncc2[nH]1. The second kappa shape index (κ2) is 3.17. The Morgan fingerprint density at radius 2 is 2.15 bits per heavy atom. The number of alkyl halides is 2. The Morgan fingerprint density at radius 3 is 2.77 bits per heavy atom. The summed E-state index contributed by atoms with van der Waals surface area (Å²) >= 11 is 2.00. The smallest absolute Gasteiger partial charge is 0.295 e. The first-order chi connectivity index (χ1) is 6.18. The van der Waals surface area contributed by atoms with Gasteiger partial charge in [0.2, 0.25) is 0 Å². The molecule has 0 aliphatic heterocycles. The number of H-pyrrole nitrogens is 1. The molecular weight excluding hydrogens is 291 g/mol. The molecule has 0 saturated carbocycles. The number of aromatic amines is 1. The molecule has 0 aromatic carbocycles. The van der Waals surface area contributed by atoms with Crippen molar-refractivity contribution in [3.63, 3.8) is 0 Å². The Bertz CT molecular complexity index is 440. The summed E-state index contributed by atoms with van der Waals surface area (Å²) in [6.07, 6.45) is 0.498. The van der Waals surface area contributed by atoms with Gasteiger partial charge in [-0.15, -0.1) is 0 Å². The fourth-order valence-electron chi connectivity index (χ4n) is 1.02. The molecule has 2 aromatic heterocycles. The number of hydrogen-bond acceptors (Lipinski definition) is 2. The van der Waals surface area contributed by atoms with Crippen LogP contribution < -0.4 is 0 Å². The first-order valence-electron chi connectivity index (χ1n) is 3.46. The van der Waals surface area contributed by atoms with E-state index in [2.05, 4.69) is 15.0 Å². The average Bonchev–Trinajstić information content (AvgIpc) is 2.49. The molecule has 1 N–H and O–H groups in total. The second-order valence-electron chi connectivity index (χ2n) is 2.44. The Kier molecular flexibility index (Phi) is 2.14. The number of aromatic nitrogens is 3. The molecule has 0 amide bonds. The molecule has 3 nitrogen and oxygen atoms in total. The minimum Gasteiger partial charge on any atom is -0.336 e. The van der Waals surface area contributed by atoms with Crippen molar-refractivity contribution in [2.75, 3.05) is 0 Å². The summed E-state index contributed by atoms with van der Waals surface area (Å²) in [6, 6.07) is 0. The van der Waals surface area contributed by atoms with E-state index in [0.717, 1.165) is 3.57 Å². The summed E-state index contributed by atoms with van der Waals surface area (Å²) < 4.78 is 25.2. The first-order valence-corrected chi connectivity index (χ1v) is 4.53. The molecule has 6 heteroatoms. The molecule has 0 fully saturated rings. The van der Waals surface area contributed by atoms with Gasteiger partial charge in [0.15, 0.2) is 5.82 Å². The van der Waals surface area contributed by atoms with Gasteiger partial charge in [-0.25, -0.2) is 13.8 Å². The van der Waals surface area contributed by atoms with Crippen LogP contribution >= 0.6 is 22.6 Å². The van der Waals surface area contributed by atoms with Crippen LogP contribution in [0.1, 0.15) is 12.2 Å². The summed E-state index contributed by atoms with van der Waals surface area (Å²) in [7, 11) is 0. The van der Waals surface area contributed by atoms with Crippen molar-refractivity contribution < 1.29 is 8.78 Å². The molecule has 0 aliphatic carbocycles. The van der Waals surface area contributed by atoms with Gasteiger partial charge in [0.25, 0.3) is 6.43 Å². The van der Waals surface area contributed by atoms with Crippen molar-refractivity contribution >= 4 is 33.6 Å². The highest BCUT2D eigenvalue weighted by Gasteiger charge is 2.13. The quantitative estimate of drug-likeness (QED) is 0.821. The van der Waals surface area contributed by atoms with Crippen molar-refractivity contribution in [3.05, 3.63) is 21.8 Å². The van der Waals surface area contributed by atoms with Crippen LogP contribution in [0.15, 0.2) is 12.4 Å². The molecule has 0 radical (unpaired) electrons. The van der Waals surface area contributed by atoms with Crippen LogP contribution in [-0.2, 0) is 0 Å². The molecule has 2 rings (SSSR count). The number of imidazole rings is 1. The van der Waals surface area contributed by atoms with Crippen molar-refractivity contribution in [1.82, 2.24) is 15.0 Å². The number of fused-ring (bicyclic) bond motifs is 1. The lowest BCUT2D eigenvalue weighted by atomic mass is 10.4. The van der Waals surface area contributed by atoms with Crippen molar-refractivity contribution in [1.29, 1.82) is 0 Å². The van der Waals surface area contributed by atoms with E-state index in [4.69, 9.17) is 0 Å². The lowest BCUT2D eigenvalue weighted by Crippen LogP contribution is -1.85. The Morgan fingerprint density at radius 1 is 1.38 bits per heavy atom. The third-order valence-corrected chi connectivity index (χ3v) is 2.36. The van der Waals surface area contributed by atoms with Gasteiger partial charge in [0, 0.05) is 6.20 Å². The van der Waals surface area contributed by atoms with E-state index in [1.54, 1.807) is 6.20 Å². The zero-order valence-corrected chi connectivity index (χ0v) is 8.42. The fraction of sp³-hybridized carbons (Fsp3) is 0.143. The van der Waals surface area contributed by atoms with E-state index in [0.29, 0.717) is 11.0 Å². The van der Waals surface area contributed by atoms with E-state index >= 15 is 0 Å². The molecule has 0 spiro atoms. The van der Waals surface area contributed by atoms with Crippen LogP contribution in [0.2, 0.25) is 0 Å². The lowest BCUT2D eigenvalue weighted by Gasteiger charge is -1.88. The highest BCUT2D eigenvalue weighted by Crippen LogP contribution is 2.21. The fourth-order valence-corrected chi connectivity index (χ4v) is 1.59. The maximum atomic E-state index is 12.2. The average molecular weight is 295 g/mol. The van der Waals surface area contributed by atoms with Crippen molar-refractivity contribution in [2.45, 2.75) is 6.43 Å². The van der Waals surface area contributed by atoms with Crippen LogP contribution in [0.5, 0.6) is 0 Å². The zero-order chi connectivity index (χ0) is 9.42. The number of nitrogens with one attached hydrogen (secondary N) is 1. The van der Waals surface area contributed by atoms with Crippen LogP contribution in [0.4, 0.5) is 8.78 Å². The van der Waals surface area contributed by atoms with E-state index in [1.807, 2.05) is 22.6 Å². The molecule has 0 atom stereocenters. The summed E-state index contributed by atoms with van der Waals surface area (Å²) in [5.74, 6) is -0.305. The standard InChI is InChI=1S/C7H4F2IN3/c8-6(9)7-12-4-2-11-1-3(10)5(4)13-7/h1-2,6H,(H,12,13). The minimum atomic E-state index is -2.57. The second-order valence-corrected chi connectivity index (χ2v) is 3.60. The number of halogens is 3. The molecule has 0 unspecified atom stereocenters. The van der Waals surface area contributed by atoms with Crippen LogP contribution in [-0.4, -0.2) is 15.0 Å². The number of pyridine rings is 1. The highest BCUT2D eigenvalue weighted by molar-refractivity contribution is 14.1. The van der Waals surface area contributed by atoms with Gasteiger partial charge in [-0.1, -0.05) is 0 Å². The largest absolute Gasteiger partial charge is 0.336 e. The molecule has 0 saturated heterocycles. The molecule has 13 heavy (non-hydrogen) atoms. The normalized spacial score (nSPS) is 11.4. The highest BCUT2D eigenvalue weighted by atomic mass is 127. The van der Waals surface area contributed by atoms with Gasteiger partial charge >= 0.3 is 0 Å². The Balaban J connectivity index is 2.68. The van der Waals surface area contributed by atoms with Gasteiger partial charge in [-0.3, -0.25) is 4.98 Å². The third kappa shape index (κ3) is 1.50. The lowest BCUT2D eigenvalue weighted by molar-refractivity contribution is 0.142. The van der Waals surface area contributed by atoms with Gasteiger partial charge in [0.1, 0.15) is 5.52 Å². The predicted octanol–water partition coefficient (Wildman–Crippen LogP) is 2.50. The monoisotopic (exact) mass is 295 g/mol. The molecular formula is C7H4F2IN3. The molecule has 68 valence electrons. The molecule has 2 aromatic rings. The van der Waals surface area contributed by atoms with Gasteiger partial charge < -0.3 is 4.98 Å². The summed E-state index contributed by atoms with van der Waals surface area (Å²) in [6.45, 7) is 0. The van der Waals surface area contributed by atoms with Crippen LogP contribution in [0.3, 0.4) is 0 Å². The van der Waals surface area contributed by atoms with Crippen molar-refractivity contribution in [2.24, 2.45) is 0 Å². The number of rotatable bonds is 1. The summed E-state index contributed by atoms with van der Waals surface area (Å²) in [5, 5.41) is 0. The third-order valence-electron chi connectivity index (χ3n) is 1.57. The van der Waals surface area contributed by atoms with E-state index in [9.17, 15) is 8.78 Å². The van der Waals surface area contributed by atoms with E-state index in [-0.39, 0.29) is 5.82 Å². The maximum absolute atomic E-state index is 12.2. The molecule has 0 bridgehead atoms. The minimum absolute atomic E-state index is 0.305. The predicted molar refractivity (Wildman–Crippen MR) is 51.6 cm³/mol. The van der Waals surface area contributed by atoms with Crippen LogP contribution in [0, 0.1) is 3.57 Å². The number of hydrogen-bond donors (Lipinski definition) is 1. The Labute approximate surface area is 85.7 Å². The molecule has 0 aliphatic rings. The Hall–Kier alpha value is -0.790. The van der Waals surface area contributed by atoms with E-state index < -0.39 is 6.43 Å². The van der Waals surface area contributed by atoms with E-state index in [1.165, 1.54) is 6.20 Å².